The van der Waals surface area contributed by atoms with Gasteiger partial charge in [0.2, 0.25) is 0 Å². The molecular weight excluding hydrogens is 302 g/mol. The number of nitrogens with two attached hydrogens (primary N) is 1. The highest BCUT2D eigenvalue weighted by Crippen LogP contribution is 2.38. The summed E-state index contributed by atoms with van der Waals surface area (Å²) in [6, 6.07) is 4.42. The van der Waals surface area contributed by atoms with Crippen molar-refractivity contribution >= 4 is 28.2 Å². The van der Waals surface area contributed by atoms with E-state index in [2.05, 4.69) is 22.3 Å². The van der Waals surface area contributed by atoms with Crippen molar-refractivity contribution in [2.75, 3.05) is 12.8 Å². The molecule has 1 unspecified atom stereocenters. The molecule has 1 aromatic heterocycles. The fourth-order valence-electron chi connectivity index (χ4n) is 3.91. The van der Waals surface area contributed by atoms with Crippen LogP contribution >= 0.6 is 11.6 Å². The number of hydrogen-bond donors (Lipinski definition) is 1. The van der Waals surface area contributed by atoms with Gasteiger partial charge in [0, 0.05) is 12.1 Å². The van der Waals surface area contributed by atoms with E-state index in [1.165, 1.54) is 12.8 Å². The normalized spacial score (nSPS) is 28.4. The Hall–Kier alpha value is -1.66. The van der Waals surface area contributed by atoms with Crippen molar-refractivity contribution in [2.24, 2.45) is 0 Å². The van der Waals surface area contributed by atoms with Crippen molar-refractivity contribution in [1.82, 2.24) is 19.9 Å². The first-order valence-corrected chi connectivity index (χ1v) is 7.98. The minimum Gasteiger partial charge on any atom is -0.397 e. The predicted octanol–water partition coefficient (Wildman–Crippen LogP) is 1.82. The second-order valence-electron chi connectivity index (χ2n) is 6.41. The number of piperidine rings is 1. The Balaban J connectivity index is 1.78. The van der Waals surface area contributed by atoms with Gasteiger partial charge in [-0.15, -0.1) is 5.10 Å². The molecule has 0 amide bonds. The molecular formula is C15H18ClN5O. The molecule has 2 saturated heterocycles. The van der Waals surface area contributed by atoms with Crippen LogP contribution in [-0.4, -0.2) is 39.0 Å². The first-order valence-electron chi connectivity index (χ1n) is 7.60. The number of benzene rings is 1. The first kappa shape index (κ1) is 14.0. The van der Waals surface area contributed by atoms with E-state index in [9.17, 15) is 4.79 Å². The Bertz CT molecular complexity index is 790. The minimum atomic E-state index is -0.124. The van der Waals surface area contributed by atoms with E-state index in [1.54, 1.807) is 16.8 Å². The number of nitrogens with zero attached hydrogens (tertiary/aromatic N) is 4. The molecule has 2 aromatic rings. The second kappa shape index (κ2) is 4.93. The molecule has 7 heteroatoms. The molecule has 2 fully saturated rings. The maximum Gasteiger partial charge on any atom is 0.277 e. The van der Waals surface area contributed by atoms with Gasteiger partial charge >= 0.3 is 0 Å². The lowest BCUT2D eigenvalue weighted by atomic mass is 9.98. The van der Waals surface area contributed by atoms with E-state index in [4.69, 9.17) is 17.3 Å². The summed E-state index contributed by atoms with van der Waals surface area (Å²) >= 11 is 6.05. The van der Waals surface area contributed by atoms with Gasteiger partial charge in [0.1, 0.15) is 5.52 Å². The molecule has 6 nitrogen and oxygen atoms in total. The average molecular weight is 320 g/mol. The third-order valence-corrected chi connectivity index (χ3v) is 5.55. The van der Waals surface area contributed by atoms with E-state index in [1.807, 2.05) is 0 Å². The quantitative estimate of drug-likeness (QED) is 0.811. The number of halogens is 1. The topological polar surface area (TPSA) is 77.0 Å². The van der Waals surface area contributed by atoms with E-state index in [0.29, 0.717) is 33.7 Å². The maximum atomic E-state index is 12.8. The van der Waals surface area contributed by atoms with Crippen LogP contribution in [0.15, 0.2) is 16.9 Å². The predicted molar refractivity (Wildman–Crippen MR) is 86.1 cm³/mol. The third kappa shape index (κ3) is 2.01. The average Bonchev–Trinajstić information content (AvgIpc) is 2.72. The summed E-state index contributed by atoms with van der Waals surface area (Å²) < 4.78 is 1.55. The molecule has 0 aliphatic carbocycles. The van der Waals surface area contributed by atoms with Crippen molar-refractivity contribution in [3.8, 4) is 0 Å². The van der Waals surface area contributed by atoms with E-state index in [-0.39, 0.29) is 11.6 Å². The van der Waals surface area contributed by atoms with Gasteiger partial charge in [0.15, 0.2) is 0 Å². The Morgan fingerprint density at radius 2 is 1.91 bits per heavy atom. The number of nitrogen functional groups attached to an aromatic ring is 1. The lowest BCUT2D eigenvalue weighted by Gasteiger charge is -2.36. The van der Waals surface area contributed by atoms with Crippen LogP contribution in [0, 0.1) is 0 Å². The molecule has 3 heterocycles. The van der Waals surface area contributed by atoms with E-state index in [0.717, 1.165) is 12.8 Å². The van der Waals surface area contributed by atoms with E-state index < -0.39 is 0 Å². The lowest BCUT2D eigenvalue weighted by Crippen LogP contribution is -2.43. The summed E-state index contributed by atoms with van der Waals surface area (Å²) in [5.74, 6) is 0. The number of anilines is 1. The molecule has 2 aliphatic rings. The van der Waals surface area contributed by atoms with E-state index >= 15 is 0 Å². The monoisotopic (exact) mass is 319 g/mol. The van der Waals surface area contributed by atoms with Gasteiger partial charge in [-0.25, -0.2) is 4.68 Å². The summed E-state index contributed by atoms with van der Waals surface area (Å²) in [7, 11) is 2.18. The zero-order chi connectivity index (χ0) is 15.4. The Morgan fingerprint density at radius 1 is 1.23 bits per heavy atom. The molecule has 0 spiro atoms. The van der Waals surface area contributed by atoms with Crippen LogP contribution in [0.4, 0.5) is 5.69 Å². The zero-order valence-electron chi connectivity index (χ0n) is 12.4. The molecule has 4 rings (SSSR count). The van der Waals surface area contributed by atoms with Crippen molar-refractivity contribution in [1.29, 1.82) is 0 Å². The molecule has 0 radical (unpaired) electrons. The van der Waals surface area contributed by atoms with Gasteiger partial charge in [-0.1, -0.05) is 16.8 Å². The number of hydrogen-bond acceptors (Lipinski definition) is 5. The molecule has 22 heavy (non-hydrogen) atoms. The van der Waals surface area contributed by atoms with Gasteiger partial charge in [0.05, 0.1) is 22.1 Å². The van der Waals surface area contributed by atoms with Crippen LogP contribution in [0.1, 0.15) is 31.7 Å². The lowest BCUT2D eigenvalue weighted by molar-refractivity contribution is 0.128. The third-order valence-electron chi connectivity index (χ3n) is 5.22. The highest BCUT2D eigenvalue weighted by molar-refractivity contribution is 6.33. The first-order chi connectivity index (χ1) is 10.5. The molecule has 3 atom stereocenters. The largest absolute Gasteiger partial charge is 0.397 e. The van der Waals surface area contributed by atoms with Crippen molar-refractivity contribution < 1.29 is 0 Å². The van der Waals surface area contributed by atoms with Crippen LogP contribution in [0.25, 0.3) is 10.9 Å². The van der Waals surface area contributed by atoms with Crippen LogP contribution in [-0.2, 0) is 0 Å². The molecule has 0 saturated carbocycles. The standard InChI is InChI=1S/C15H18ClN5O/c1-20-8-2-3-9(20)5-10(4-8)21-15(22)11-6-12(16)13(17)7-14(11)18-19-21/h6-10H,2-5,17H2,1H3/t8-,9+,10?. The summed E-state index contributed by atoms with van der Waals surface area (Å²) in [4.78, 5) is 15.2. The summed E-state index contributed by atoms with van der Waals surface area (Å²) in [5.41, 5.74) is 6.55. The Labute approximate surface area is 132 Å². The SMILES string of the molecule is CN1[C@@H]2CC[C@H]1CC(n1nnc3cc(N)c(Cl)cc3c1=O)C2. The second-order valence-corrected chi connectivity index (χ2v) is 6.81. The fraction of sp³-hybridized carbons (Fsp3) is 0.533. The molecule has 2 aliphatic heterocycles. The highest BCUT2D eigenvalue weighted by atomic mass is 35.5. The van der Waals surface area contributed by atoms with Crippen molar-refractivity contribution in [2.45, 2.75) is 43.8 Å². The van der Waals surface area contributed by atoms with Crippen LogP contribution in [0.3, 0.4) is 0 Å². The molecule has 2 bridgehead atoms. The smallest absolute Gasteiger partial charge is 0.277 e. The number of aromatic nitrogens is 3. The van der Waals surface area contributed by atoms with Gasteiger partial charge < -0.3 is 10.6 Å². The molecule has 2 N–H and O–H groups in total. The Morgan fingerprint density at radius 3 is 2.59 bits per heavy atom. The van der Waals surface area contributed by atoms with Crippen molar-refractivity contribution in [3.05, 3.63) is 27.5 Å². The van der Waals surface area contributed by atoms with Crippen LogP contribution in [0.2, 0.25) is 5.02 Å². The Kier molecular flexibility index (Phi) is 3.13. The fourth-order valence-corrected chi connectivity index (χ4v) is 4.08. The van der Waals surface area contributed by atoms with Gasteiger partial charge in [-0.2, -0.15) is 0 Å². The maximum absolute atomic E-state index is 12.8. The zero-order valence-corrected chi connectivity index (χ0v) is 13.1. The number of fused-ring (bicyclic) bond motifs is 3. The summed E-state index contributed by atoms with van der Waals surface area (Å²) in [6.07, 6.45) is 4.32. The van der Waals surface area contributed by atoms with Crippen molar-refractivity contribution in [3.63, 3.8) is 0 Å². The van der Waals surface area contributed by atoms with Gasteiger partial charge in [-0.3, -0.25) is 4.79 Å². The highest BCUT2D eigenvalue weighted by Gasteiger charge is 2.39. The molecule has 116 valence electrons. The minimum absolute atomic E-state index is 0.120. The summed E-state index contributed by atoms with van der Waals surface area (Å²) in [6.45, 7) is 0. The molecule has 1 aromatic carbocycles. The van der Waals surface area contributed by atoms with Gasteiger partial charge in [0.25, 0.3) is 5.56 Å². The summed E-state index contributed by atoms with van der Waals surface area (Å²) in [5, 5.41) is 9.20. The number of rotatable bonds is 1. The van der Waals surface area contributed by atoms with Crippen LogP contribution < -0.4 is 11.3 Å². The van der Waals surface area contributed by atoms with Crippen LogP contribution in [0.5, 0.6) is 0 Å². The van der Waals surface area contributed by atoms with Gasteiger partial charge in [-0.05, 0) is 44.9 Å².